The van der Waals surface area contributed by atoms with Crippen LogP contribution in [0.1, 0.15) is 31.2 Å². The van der Waals surface area contributed by atoms with Crippen molar-refractivity contribution in [1.29, 1.82) is 5.26 Å². The van der Waals surface area contributed by atoms with Gasteiger partial charge in [-0.05, 0) is 37.3 Å². The zero-order chi connectivity index (χ0) is 15.4. The Kier molecular flexibility index (Phi) is 4.66. The number of benzene rings is 1. The summed E-state index contributed by atoms with van der Waals surface area (Å²) in [5, 5.41) is 19.6. The van der Waals surface area contributed by atoms with Crippen LogP contribution in [0.2, 0.25) is 0 Å². The van der Waals surface area contributed by atoms with E-state index in [0.29, 0.717) is 19.8 Å². The van der Waals surface area contributed by atoms with Crippen LogP contribution in [-0.2, 0) is 11.2 Å². The first-order chi connectivity index (χ1) is 10.7. The lowest BCUT2D eigenvalue weighted by atomic mass is 9.78. The van der Waals surface area contributed by atoms with Crippen molar-refractivity contribution < 1.29 is 9.84 Å². The van der Waals surface area contributed by atoms with Crippen LogP contribution in [0, 0.1) is 16.7 Å². The molecule has 4 heteroatoms. The number of fused-ring (bicyclic) bond motifs is 1. The topological polar surface area (TPSA) is 56.5 Å². The van der Waals surface area contributed by atoms with Crippen LogP contribution in [0.3, 0.4) is 0 Å². The Hall–Kier alpha value is -1.57. The van der Waals surface area contributed by atoms with E-state index in [-0.39, 0.29) is 11.5 Å². The average Bonchev–Trinajstić information content (AvgIpc) is 2.55. The second-order valence-electron chi connectivity index (χ2n) is 6.54. The number of hydrogen-bond donors (Lipinski definition) is 1. The SMILES string of the molecule is N#CC1(CCCN2CC(O)Cc3ccccc32)CCOCC1. The number of hydrogen-bond acceptors (Lipinski definition) is 4. The van der Waals surface area contributed by atoms with Gasteiger partial charge in [-0.15, -0.1) is 0 Å². The van der Waals surface area contributed by atoms with Crippen LogP contribution >= 0.6 is 0 Å². The number of anilines is 1. The molecule has 22 heavy (non-hydrogen) atoms. The van der Waals surface area contributed by atoms with E-state index in [2.05, 4.69) is 29.2 Å². The molecule has 1 N–H and O–H groups in total. The third-order valence-electron chi connectivity index (χ3n) is 4.99. The second-order valence-corrected chi connectivity index (χ2v) is 6.54. The van der Waals surface area contributed by atoms with Gasteiger partial charge in [0.15, 0.2) is 0 Å². The number of nitriles is 1. The van der Waals surface area contributed by atoms with Gasteiger partial charge in [0.25, 0.3) is 0 Å². The predicted octanol–water partition coefficient (Wildman–Crippen LogP) is 2.51. The molecule has 0 saturated carbocycles. The highest BCUT2D eigenvalue weighted by Crippen LogP contribution is 2.35. The van der Waals surface area contributed by atoms with Crippen molar-refractivity contribution in [2.24, 2.45) is 5.41 Å². The zero-order valence-corrected chi connectivity index (χ0v) is 13.0. The molecule has 1 aromatic carbocycles. The lowest BCUT2D eigenvalue weighted by molar-refractivity contribution is 0.0363. The molecule has 1 saturated heterocycles. The lowest BCUT2D eigenvalue weighted by Gasteiger charge is -2.35. The quantitative estimate of drug-likeness (QED) is 0.928. The Morgan fingerprint density at radius 3 is 2.86 bits per heavy atom. The normalized spacial score (nSPS) is 23.6. The first kappa shape index (κ1) is 15.3. The summed E-state index contributed by atoms with van der Waals surface area (Å²) in [6, 6.07) is 10.9. The molecule has 0 aromatic heterocycles. The number of aliphatic hydroxyl groups excluding tert-OH is 1. The van der Waals surface area contributed by atoms with Crippen molar-refractivity contribution in [3.63, 3.8) is 0 Å². The van der Waals surface area contributed by atoms with E-state index in [0.717, 1.165) is 38.6 Å². The second kappa shape index (κ2) is 6.68. The molecule has 2 aliphatic heterocycles. The number of para-hydroxylation sites is 1. The molecule has 0 spiro atoms. The minimum atomic E-state index is -0.289. The molecular weight excluding hydrogens is 276 g/mol. The average molecular weight is 300 g/mol. The largest absolute Gasteiger partial charge is 0.391 e. The molecule has 2 aliphatic rings. The van der Waals surface area contributed by atoms with Gasteiger partial charge in [0, 0.05) is 38.4 Å². The highest BCUT2D eigenvalue weighted by Gasteiger charge is 2.32. The third-order valence-corrected chi connectivity index (χ3v) is 4.99. The summed E-state index contributed by atoms with van der Waals surface area (Å²) in [7, 11) is 0. The van der Waals surface area contributed by atoms with E-state index in [4.69, 9.17) is 4.74 Å². The smallest absolute Gasteiger partial charge is 0.0756 e. The van der Waals surface area contributed by atoms with Gasteiger partial charge in [-0.1, -0.05) is 18.2 Å². The minimum absolute atomic E-state index is 0.202. The van der Waals surface area contributed by atoms with Crippen molar-refractivity contribution in [2.75, 3.05) is 31.2 Å². The fraction of sp³-hybridized carbons (Fsp3) is 0.611. The van der Waals surface area contributed by atoms with Gasteiger partial charge in [0.2, 0.25) is 0 Å². The molecule has 2 heterocycles. The Balaban J connectivity index is 1.61. The highest BCUT2D eigenvalue weighted by atomic mass is 16.5. The molecule has 1 atom stereocenters. The molecule has 0 bridgehead atoms. The van der Waals surface area contributed by atoms with Gasteiger partial charge >= 0.3 is 0 Å². The molecular formula is C18H24N2O2. The number of β-amino-alcohol motifs (C(OH)–C–C–N with tert-alkyl or cyclic N) is 1. The van der Waals surface area contributed by atoms with Crippen molar-refractivity contribution >= 4 is 5.69 Å². The summed E-state index contributed by atoms with van der Waals surface area (Å²) in [6.07, 6.45) is 4.05. The maximum absolute atomic E-state index is 10.1. The van der Waals surface area contributed by atoms with Gasteiger partial charge in [0.1, 0.15) is 0 Å². The Morgan fingerprint density at radius 2 is 2.09 bits per heavy atom. The third kappa shape index (κ3) is 3.26. The Bertz CT molecular complexity index is 546. The maximum atomic E-state index is 10.1. The van der Waals surface area contributed by atoms with Crippen molar-refractivity contribution in [3.8, 4) is 6.07 Å². The fourth-order valence-electron chi connectivity index (χ4n) is 3.66. The van der Waals surface area contributed by atoms with Crippen molar-refractivity contribution in [2.45, 2.75) is 38.2 Å². The summed E-state index contributed by atoms with van der Waals surface area (Å²) in [6.45, 7) is 3.01. The molecule has 0 amide bonds. The van der Waals surface area contributed by atoms with Crippen LogP contribution in [-0.4, -0.2) is 37.5 Å². The maximum Gasteiger partial charge on any atom is 0.0756 e. The zero-order valence-electron chi connectivity index (χ0n) is 13.0. The first-order valence-corrected chi connectivity index (χ1v) is 8.22. The van der Waals surface area contributed by atoms with Gasteiger partial charge in [-0.25, -0.2) is 0 Å². The Labute approximate surface area is 132 Å². The fourth-order valence-corrected chi connectivity index (χ4v) is 3.66. The standard InChI is InChI=1S/C18H24N2O2/c19-14-18(7-10-22-11-8-18)6-3-9-20-13-16(21)12-15-4-1-2-5-17(15)20/h1-2,4-5,16,21H,3,6-13H2. The first-order valence-electron chi connectivity index (χ1n) is 8.22. The molecule has 0 radical (unpaired) electrons. The van der Waals surface area contributed by atoms with Crippen LogP contribution in [0.5, 0.6) is 0 Å². The minimum Gasteiger partial charge on any atom is -0.391 e. The van der Waals surface area contributed by atoms with Crippen LogP contribution < -0.4 is 4.90 Å². The summed E-state index contributed by atoms with van der Waals surface area (Å²) >= 11 is 0. The molecule has 1 aromatic rings. The number of ether oxygens (including phenoxy) is 1. The number of nitrogens with zero attached hydrogens (tertiary/aromatic N) is 2. The molecule has 0 aliphatic carbocycles. The van der Waals surface area contributed by atoms with Gasteiger partial charge < -0.3 is 14.7 Å². The van der Waals surface area contributed by atoms with E-state index in [1.165, 1.54) is 11.3 Å². The summed E-state index contributed by atoms with van der Waals surface area (Å²) in [5.41, 5.74) is 2.26. The van der Waals surface area contributed by atoms with Crippen molar-refractivity contribution in [3.05, 3.63) is 29.8 Å². The van der Waals surface area contributed by atoms with Gasteiger partial charge in [0.05, 0.1) is 17.6 Å². The van der Waals surface area contributed by atoms with E-state index in [9.17, 15) is 10.4 Å². The molecule has 1 fully saturated rings. The van der Waals surface area contributed by atoms with E-state index < -0.39 is 0 Å². The molecule has 3 rings (SSSR count). The molecule has 4 nitrogen and oxygen atoms in total. The number of rotatable bonds is 4. The summed E-state index contributed by atoms with van der Waals surface area (Å²) < 4.78 is 5.39. The predicted molar refractivity (Wildman–Crippen MR) is 85.7 cm³/mol. The lowest BCUT2D eigenvalue weighted by Crippen LogP contribution is -2.39. The summed E-state index contributed by atoms with van der Waals surface area (Å²) in [4.78, 5) is 2.27. The van der Waals surface area contributed by atoms with E-state index in [1.54, 1.807) is 0 Å². The molecule has 118 valence electrons. The van der Waals surface area contributed by atoms with E-state index >= 15 is 0 Å². The number of aliphatic hydroxyl groups is 1. The van der Waals surface area contributed by atoms with Crippen molar-refractivity contribution in [1.82, 2.24) is 0 Å². The van der Waals surface area contributed by atoms with Crippen LogP contribution in [0.25, 0.3) is 0 Å². The monoisotopic (exact) mass is 300 g/mol. The van der Waals surface area contributed by atoms with E-state index in [1.807, 2.05) is 6.07 Å². The molecule has 1 unspecified atom stereocenters. The summed E-state index contributed by atoms with van der Waals surface area (Å²) in [5.74, 6) is 0. The van der Waals surface area contributed by atoms with Crippen LogP contribution in [0.15, 0.2) is 24.3 Å². The van der Waals surface area contributed by atoms with Crippen LogP contribution in [0.4, 0.5) is 5.69 Å². The Morgan fingerprint density at radius 1 is 1.32 bits per heavy atom. The van der Waals surface area contributed by atoms with Gasteiger partial charge in [-0.2, -0.15) is 5.26 Å². The highest BCUT2D eigenvalue weighted by molar-refractivity contribution is 5.56. The van der Waals surface area contributed by atoms with Gasteiger partial charge in [-0.3, -0.25) is 0 Å².